The van der Waals surface area contributed by atoms with Crippen molar-refractivity contribution < 1.29 is 9.15 Å². The number of nitrogens with two attached hydrogens (primary N) is 1. The summed E-state index contributed by atoms with van der Waals surface area (Å²) in [5.41, 5.74) is 7.92. The fourth-order valence-corrected chi connectivity index (χ4v) is 2.08. The smallest absolute Gasteiger partial charge is 0.195 e. The number of aryl methyl sites for hydroxylation is 1. The number of methoxy groups -OCH3 is 1. The van der Waals surface area contributed by atoms with E-state index in [2.05, 4.69) is 20.9 Å². The third kappa shape index (κ3) is 2.79. The predicted molar refractivity (Wildman–Crippen MR) is 70.9 cm³/mol. The van der Waals surface area contributed by atoms with E-state index in [1.54, 1.807) is 7.11 Å². The van der Waals surface area contributed by atoms with E-state index in [1.165, 1.54) is 0 Å². The quantitative estimate of drug-likeness (QED) is 0.881. The number of nitrogen functional groups attached to an aromatic ring is 1. The van der Waals surface area contributed by atoms with E-state index in [1.807, 2.05) is 19.1 Å². The molecule has 0 aliphatic carbocycles. The van der Waals surface area contributed by atoms with Gasteiger partial charge >= 0.3 is 0 Å². The van der Waals surface area contributed by atoms with Gasteiger partial charge in [-0.25, -0.2) is 4.98 Å². The number of benzene rings is 1. The SMILES string of the molecule is COC(C)CCc1nc2cc(Br)cc(N)c2o1. The highest BCUT2D eigenvalue weighted by Crippen LogP contribution is 2.27. The molecule has 0 bridgehead atoms. The van der Waals surface area contributed by atoms with Gasteiger partial charge in [0.05, 0.1) is 11.8 Å². The molecular formula is C12H15BrN2O2. The predicted octanol–water partition coefficient (Wildman–Crippen LogP) is 3.14. The number of nitrogens with zero attached hydrogens (tertiary/aromatic N) is 1. The molecule has 2 rings (SSSR count). The van der Waals surface area contributed by atoms with Gasteiger partial charge in [0.2, 0.25) is 0 Å². The van der Waals surface area contributed by atoms with Crippen LogP contribution >= 0.6 is 15.9 Å². The Morgan fingerprint density at radius 1 is 1.53 bits per heavy atom. The van der Waals surface area contributed by atoms with E-state index in [4.69, 9.17) is 14.9 Å². The van der Waals surface area contributed by atoms with Crippen LogP contribution in [0.2, 0.25) is 0 Å². The Balaban J connectivity index is 2.23. The summed E-state index contributed by atoms with van der Waals surface area (Å²) in [5, 5.41) is 0. The lowest BCUT2D eigenvalue weighted by Gasteiger charge is -2.05. The molecule has 0 saturated carbocycles. The van der Waals surface area contributed by atoms with Crippen molar-refractivity contribution in [2.24, 2.45) is 0 Å². The lowest BCUT2D eigenvalue weighted by Crippen LogP contribution is -2.05. The zero-order chi connectivity index (χ0) is 12.4. The fraction of sp³-hybridized carbons (Fsp3) is 0.417. The molecule has 0 aliphatic rings. The minimum atomic E-state index is 0.203. The Labute approximate surface area is 108 Å². The Bertz CT molecular complexity index is 524. The van der Waals surface area contributed by atoms with Crippen molar-refractivity contribution in [3.63, 3.8) is 0 Å². The summed E-state index contributed by atoms with van der Waals surface area (Å²) in [6, 6.07) is 3.72. The number of aromatic nitrogens is 1. The molecule has 0 amide bonds. The molecule has 5 heteroatoms. The minimum Gasteiger partial charge on any atom is -0.439 e. The monoisotopic (exact) mass is 298 g/mol. The van der Waals surface area contributed by atoms with Crippen molar-refractivity contribution in [3.8, 4) is 0 Å². The largest absolute Gasteiger partial charge is 0.439 e. The maximum Gasteiger partial charge on any atom is 0.195 e. The highest BCUT2D eigenvalue weighted by molar-refractivity contribution is 9.10. The second-order valence-electron chi connectivity index (χ2n) is 4.04. The number of halogens is 1. The molecule has 1 unspecified atom stereocenters. The van der Waals surface area contributed by atoms with Crippen LogP contribution in [0.25, 0.3) is 11.1 Å². The van der Waals surface area contributed by atoms with Gasteiger partial charge in [0, 0.05) is 18.0 Å². The first kappa shape index (κ1) is 12.4. The van der Waals surface area contributed by atoms with Gasteiger partial charge in [0.25, 0.3) is 0 Å². The van der Waals surface area contributed by atoms with Crippen molar-refractivity contribution in [2.45, 2.75) is 25.9 Å². The zero-order valence-electron chi connectivity index (χ0n) is 9.87. The maximum atomic E-state index is 5.86. The van der Waals surface area contributed by atoms with Gasteiger partial charge in [0.15, 0.2) is 11.5 Å². The number of ether oxygens (including phenoxy) is 1. The molecule has 0 saturated heterocycles. The normalized spacial score (nSPS) is 13.1. The van der Waals surface area contributed by atoms with Gasteiger partial charge in [-0.3, -0.25) is 0 Å². The van der Waals surface area contributed by atoms with E-state index in [0.29, 0.717) is 17.2 Å². The Hall–Kier alpha value is -1.07. The lowest BCUT2D eigenvalue weighted by molar-refractivity contribution is 0.109. The van der Waals surface area contributed by atoms with Crippen molar-refractivity contribution in [1.29, 1.82) is 0 Å². The Morgan fingerprint density at radius 3 is 3.00 bits per heavy atom. The number of anilines is 1. The second kappa shape index (κ2) is 5.06. The molecule has 2 aromatic rings. The van der Waals surface area contributed by atoms with Gasteiger partial charge in [-0.15, -0.1) is 0 Å². The van der Waals surface area contributed by atoms with Crippen LogP contribution in [0.5, 0.6) is 0 Å². The van der Waals surface area contributed by atoms with E-state index in [-0.39, 0.29) is 6.10 Å². The molecule has 1 aromatic heterocycles. The molecule has 1 heterocycles. The molecule has 0 aliphatic heterocycles. The third-order valence-corrected chi connectivity index (χ3v) is 3.15. The van der Waals surface area contributed by atoms with E-state index < -0.39 is 0 Å². The van der Waals surface area contributed by atoms with Gasteiger partial charge in [0.1, 0.15) is 5.52 Å². The van der Waals surface area contributed by atoms with Crippen molar-refractivity contribution >= 4 is 32.7 Å². The van der Waals surface area contributed by atoms with E-state index in [9.17, 15) is 0 Å². The van der Waals surface area contributed by atoms with Crippen LogP contribution in [0.15, 0.2) is 21.0 Å². The van der Waals surface area contributed by atoms with Crippen molar-refractivity contribution in [2.75, 3.05) is 12.8 Å². The number of hydrogen-bond donors (Lipinski definition) is 1. The maximum absolute atomic E-state index is 5.86. The number of fused-ring (bicyclic) bond motifs is 1. The van der Waals surface area contributed by atoms with Crippen LogP contribution in [-0.2, 0) is 11.2 Å². The van der Waals surface area contributed by atoms with Crippen molar-refractivity contribution in [1.82, 2.24) is 4.98 Å². The standard InChI is InChI=1S/C12H15BrN2O2/c1-7(16-2)3-4-11-15-10-6-8(13)5-9(14)12(10)17-11/h5-7H,3-4,14H2,1-2H3. The summed E-state index contributed by atoms with van der Waals surface area (Å²) < 4.78 is 11.7. The molecule has 2 N–H and O–H groups in total. The topological polar surface area (TPSA) is 61.3 Å². The molecule has 1 aromatic carbocycles. The summed E-state index contributed by atoms with van der Waals surface area (Å²) in [7, 11) is 1.70. The first-order valence-electron chi connectivity index (χ1n) is 5.47. The molecule has 17 heavy (non-hydrogen) atoms. The lowest BCUT2D eigenvalue weighted by atomic mass is 10.2. The summed E-state index contributed by atoms with van der Waals surface area (Å²) >= 11 is 3.38. The highest BCUT2D eigenvalue weighted by atomic mass is 79.9. The summed E-state index contributed by atoms with van der Waals surface area (Å²) in [6.45, 7) is 2.02. The fourth-order valence-electron chi connectivity index (χ4n) is 1.62. The third-order valence-electron chi connectivity index (χ3n) is 2.69. The van der Waals surface area contributed by atoms with Gasteiger partial charge < -0.3 is 14.9 Å². The van der Waals surface area contributed by atoms with E-state index in [0.717, 1.165) is 22.8 Å². The first-order chi connectivity index (χ1) is 8.10. The van der Waals surface area contributed by atoms with Crippen LogP contribution in [0.3, 0.4) is 0 Å². The summed E-state index contributed by atoms with van der Waals surface area (Å²) in [5.74, 6) is 0.703. The molecule has 4 nitrogen and oxygen atoms in total. The molecule has 0 spiro atoms. The van der Waals surface area contributed by atoms with Crippen LogP contribution in [-0.4, -0.2) is 18.2 Å². The second-order valence-corrected chi connectivity index (χ2v) is 4.95. The number of hydrogen-bond acceptors (Lipinski definition) is 4. The minimum absolute atomic E-state index is 0.203. The average molecular weight is 299 g/mol. The molecule has 0 fully saturated rings. The van der Waals surface area contributed by atoms with Crippen LogP contribution in [0, 0.1) is 0 Å². The van der Waals surface area contributed by atoms with Gasteiger partial charge in [-0.05, 0) is 25.5 Å². The Kier molecular flexibility index (Phi) is 3.69. The average Bonchev–Trinajstić information content (AvgIpc) is 2.69. The molecule has 0 radical (unpaired) electrons. The van der Waals surface area contributed by atoms with Crippen LogP contribution < -0.4 is 5.73 Å². The first-order valence-corrected chi connectivity index (χ1v) is 6.26. The van der Waals surface area contributed by atoms with Crippen LogP contribution in [0.4, 0.5) is 5.69 Å². The van der Waals surface area contributed by atoms with Crippen LogP contribution in [0.1, 0.15) is 19.2 Å². The Morgan fingerprint density at radius 2 is 2.29 bits per heavy atom. The number of rotatable bonds is 4. The molecular weight excluding hydrogens is 284 g/mol. The molecule has 1 atom stereocenters. The zero-order valence-corrected chi connectivity index (χ0v) is 11.5. The molecule has 92 valence electrons. The highest BCUT2D eigenvalue weighted by Gasteiger charge is 2.10. The number of oxazole rings is 1. The summed E-state index contributed by atoms with van der Waals surface area (Å²) in [4.78, 5) is 4.41. The summed E-state index contributed by atoms with van der Waals surface area (Å²) in [6.07, 6.45) is 1.83. The van der Waals surface area contributed by atoms with E-state index >= 15 is 0 Å². The van der Waals surface area contributed by atoms with Crippen molar-refractivity contribution in [3.05, 3.63) is 22.5 Å². The van der Waals surface area contributed by atoms with Gasteiger partial charge in [-0.2, -0.15) is 0 Å². The van der Waals surface area contributed by atoms with Gasteiger partial charge in [-0.1, -0.05) is 15.9 Å².